The largest absolute Gasteiger partial charge is 0.507 e. The Hall–Kier alpha value is -3.77. The third kappa shape index (κ3) is 3.69. The van der Waals surface area contributed by atoms with Crippen molar-refractivity contribution in [3.8, 4) is 11.5 Å². The number of ketones is 1. The number of Topliss-reactive ketones (excluding diaryl/α,β-unsaturated/α-hetero) is 1. The summed E-state index contributed by atoms with van der Waals surface area (Å²) in [7, 11) is 3.02. The van der Waals surface area contributed by atoms with Gasteiger partial charge in [-0.15, -0.1) is 0 Å². The van der Waals surface area contributed by atoms with Crippen LogP contribution in [0.1, 0.15) is 17.2 Å². The molecule has 0 radical (unpaired) electrons. The normalized spacial score (nSPS) is 17.5. The van der Waals surface area contributed by atoms with E-state index in [1.54, 1.807) is 60.7 Å². The highest BCUT2D eigenvalue weighted by molar-refractivity contribution is 6.51. The van der Waals surface area contributed by atoms with E-state index in [9.17, 15) is 14.7 Å². The molecule has 1 unspecified atom stereocenters. The number of benzene rings is 3. The Morgan fingerprint density at radius 1 is 0.938 bits per heavy atom. The fraction of sp³-hybridized carbons (Fsp3) is 0.120. The van der Waals surface area contributed by atoms with Gasteiger partial charge in [-0.25, -0.2) is 0 Å². The molecule has 1 N–H and O–H groups in total. The molecule has 0 aromatic heterocycles. The maximum absolute atomic E-state index is 13.2. The number of halogens is 1. The molecule has 4 rings (SSSR count). The first-order valence-corrected chi connectivity index (χ1v) is 10.2. The summed E-state index contributed by atoms with van der Waals surface area (Å²) in [5, 5.41) is 11.4. The number of anilines is 1. The minimum absolute atomic E-state index is 0.0339. The number of amides is 1. The predicted molar refractivity (Wildman–Crippen MR) is 122 cm³/mol. The van der Waals surface area contributed by atoms with E-state index in [2.05, 4.69) is 0 Å². The van der Waals surface area contributed by atoms with Crippen LogP contribution in [0.5, 0.6) is 11.5 Å². The maximum atomic E-state index is 13.2. The van der Waals surface area contributed by atoms with Gasteiger partial charge < -0.3 is 14.6 Å². The fourth-order valence-corrected chi connectivity index (χ4v) is 4.04. The molecule has 1 saturated heterocycles. The van der Waals surface area contributed by atoms with Gasteiger partial charge >= 0.3 is 0 Å². The third-order valence-electron chi connectivity index (χ3n) is 5.31. The van der Waals surface area contributed by atoms with E-state index in [4.69, 9.17) is 21.1 Å². The van der Waals surface area contributed by atoms with Crippen LogP contribution in [0, 0.1) is 0 Å². The van der Waals surface area contributed by atoms with Gasteiger partial charge in [-0.2, -0.15) is 0 Å². The second kappa shape index (κ2) is 8.77. The van der Waals surface area contributed by atoms with E-state index in [-0.39, 0.29) is 16.4 Å². The van der Waals surface area contributed by atoms with Crippen LogP contribution < -0.4 is 14.4 Å². The first-order valence-electron chi connectivity index (χ1n) is 9.80. The molecule has 3 aromatic carbocycles. The molecule has 1 fully saturated rings. The monoisotopic (exact) mass is 449 g/mol. The highest BCUT2D eigenvalue weighted by Gasteiger charge is 2.47. The van der Waals surface area contributed by atoms with Gasteiger partial charge in [0.1, 0.15) is 17.3 Å². The van der Waals surface area contributed by atoms with Gasteiger partial charge in [-0.3, -0.25) is 14.5 Å². The molecule has 1 amide bonds. The number of carbonyl (C=O) groups excluding carboxylic acids is 2. The Kier molecular flexibility index (Phi) is 5.88. The molecule has 0 saturated carbocycles. The van der Waals surface area contributed by atoms with Crippen molar-refractivity contribution >= 4 is 34.7 Å². The van der Waals surface area contributed by atoms with Crippen molar-refractivity contribution in [2.24, 2.45) is 0 Å². The number of aliphatic hydroxyl groups excluding tert-OH is 1. The lowest BCUT2D eigenvalue weighted by atomic mass is 9.95. The molecule has 0 aliphatic carbocycles. The van der Waals surface area contributed by atoms with Crippen molar-refractivity contribution in [2.45, 2.75) is 6.04 Å². The van der Waals surface area contributed by atoms with Crippen molar-refractivity contribution < 1.29 is 24.2 Å². The Labute approximate surface area is 190 Å². The first-order chi connectivity index (χ1) is 15.5. The molecule has 32 heavy (non-hydrogen) atoms. The Morgan fingerprint density at radius 2 is 1.69 bits per heavy atom. The van der Waals surface area contributed by atoms with E-state index in [0.29, 0.717) is 28.3 Å². The molecular formula is C25H20ClNO5. The van der Waals surface area contributed by atoms with Crippen LogP contribution in [-0.2, 0) is 9.59 Å². The summed E-state index contributed by atoms with van der Waals surface area (Å²) in [6.45, 7) is 0. The molecule has 1 aliphatic heterocycles. The molecule has 1 heterocycles. The summed E-state index contributed by atoms with van der Waals surface area (Å²) < 4.78 is 10.5. The number of ether oxygens (including phenoxy) is 2. The topological polar surface area (TPSA) is 76.1 Å². The zero-order valence-electron chi connectivity index (χ0n) is 17.4. The minimum Gasteiger partial charge on any atom is -0.507 e. The maximum Gasteiger partial charge on any atom is 0.300 e. The van der Waals surface area contributed by atoms with Crippen molar-refractivity contribution in [2.75, 3.05) is 19.1 Å². The second-order valence-corrected chi connectivity index (χ2v) is 7.54. The van der Waals surface area contributed by atoms with Gasteiger partial charge in [0.25, 0.3) is 11.7 Å². The van der Waals surface area contributed by atoms with E-state index in [1.807, 2.05) is 6.07 Å². The van der Waals surface area contributed by atoms with Crippen LogP contribution in [0.4, 0.5) is 5.69 Å². The number of methoxy groups -OCH3 is 2. The number of hydrogen-bond donors (Lipinski definition) is 1. The minimum atomic E-state index is -0.853. The Bertz CT molecular complexity index is 1220. The fourth-order valence-electron chi connectivity index (χ4n) is 3.78. The van der Waals surface area contributed by atoms with Gasteiger partial charge in [0.05, 0.1) is 30.9 Å². The molecule has 6 nitrogen and oxygen atoms in total. The average Bonchev–Trinajstić information content (AvgIpc) is 3.09. The van der Waals surface area contributed by atoms with E-state index >= 15 is 0 Å². The van der Waals surface area contributed by atoms with Crippen molar-refractivity contribution in [3.05, 3.63) is 94.5 Å². The number of para-hydroxylation sites is 1. The van der Waals surface area contributed by atoms with Gasteiger partial charge in [0.2, 0.25) is 0 Å². The molecule has 162 valence electrons. The number of rotatable bonds is 5. The molecule has 0 bridgehead atoms. The summed E-state index contributed by atoms with van der Waals surface area (Å²) in [5.41, 5.74) is 1.42. The lowest BCUT2D eigenvalue weighted by Crippen LogP contribution is -2.29. The summed E-state index contributed by atoms with van der Waals surface area (Å²) in [4.78, 5) is 27.6. The Morgan fingerprint density at radius 3 is 2.34 bits per heavy atom. The molecule has 1 atom stereocenters. The van der Waals surface area contributed by atoms with Crippen LogP contribution >= 0.6 is 11.6 Å². The zero-order chi connectivity index (χ0) is 22.8. The van der Waals surface area contributed by atoms with Gasteiger partial charge in [-0.05, 0) is 48.0 Å². The molecule has 7 heteroatoms. The highest BCUT2D eigenvalue weighted by atomic mass is 35.5. The summed E-state index contributed by atoms with van der Waals surface area (Å²) in [6.07, 6.45) is 0. The summed E-state index contributed by atoms with van der Waals surface area (Å²) >= 11 is 6.23. The number of aliphatic hydroxyl groups is 1. The van der Waals surface area contributed by atoms with E-state index in [1.165, 1.54) is 25.2 Å². The van der Waals surface area contributed by atoms with Crippen molar-refractivity contribution in [1.82, 2.24) is 0 Å². The van der Waals surface area contributed by atoms with Crippen molar-refractivity contribution in [3.63, 3.8) is 0 Å². The Balaban J connectivity index is 1.94. The van der Waals surface area contributed by atoms with Crippen LogP contribution in [0.25, 0.3) is 5.76 Å². The predicted octanol–water partition coefficient (Wildman–Crippen LogP) is 4.98. The molecule has 3 aromatic rings. The van der Waals surface area contributed by atoms with Gasteiger partial charge in [0.15, 0.2) is 0 Å². The molecule has 0 spiro atoms. The third-order valence-corrected chi connectivity index (χ3v) is 5.61. The van der Waals surface area contributed by atoms with E-state index in [0.717, 1.165) is 0 Å². The van der Waals surface area contributed by atoms with E-state index < -0.39 is 17.7 Å². The lowest BCUT2D eigenvalue weighted by Gasteiger charge is -2.25. The number of nitrogens with zero attached hydrogens (tertiary/aromatic N) is 1. The lowest BCUT2D eigenvalue weighted by molar-refractivity contribution is -0.132. The molecule has 1 aliphatic rings. The summed E-state index contributed by atoms with van der Waals surface area (Å²) in [5.74, 6) is -0.846. The van der Waals surface area contributed by atoms with Gasteiger partial charge in [-0.1, -0.05) is 41.9 Å². The van der Waals surface area contributed by atoms with Gasteiger partial charge in [0, 0.05) is 11.3 Å². The average molecular weight is 450 g/mol. The van der Waals surface area contributed by atoms with Crippen molar-refractivity contribution in [1.29, 1.82) is 0 Å². The first kappa shape index (κ1) is 21.5. The van der Waals surface area contributed by atoms with Crippen LogP contribution in [-0.4, -0.2) is 31.0 Å². The van der Waals surface area contributed by atoms with Crippen LogP contribution in [0.3, 0.4) is 0 Å². The number of hydrogen-bond acceptors (Lipinski definition) is 5. The number of carbonyl (C=O) groups is 2. The molecular weight excluding hydrogens is 430 g/mol. The van der Waals surface area contributed by atoms with Crippen LogP contribution in [0.15, 0.2) is 78.4 Å². The SMILES string of the molecule is COc1cccc(C2/C(=C(/O)c3ccc(OC)c(Cl)c3)C(=O)C(=O)N2c2ccccc2)c1. The second-order valence-electron chi connectivity index (χ2n) is 7.13. The zero-order valence-corrected chi connectivity index (χ0v) is 18.2. The van der Waals surface area contributed by atoms with Crippen LogP contribution in [0.2, 0.25) is 5.02 Å². The quantitative estimate of drug-likeness (QED) is 0.337. The highest BCUT2D eigenvalue weighted by Crippen LogP contribution is 2.43. The smallest absolute Gasteiger partial charge is 0.300 e. The standard InChI is InChI=1S/C25H20ClNO5/c1-31-18-10-6-7-15(13-18)22-21(23(28)16-11-12-20(32-2)19(26)14-16)24(29)25(30)27(22)17-8-4-3-5-9-17/h3-14,22,28H,1-2H3/b23-21-. The summed E-state index contributed by atoms with van der Waals surface area (Å²) in [6, 6.07) is 19.7.